The lowest BCUT2D eigenvalue weighted by Gasteiger charge is -2.06. The number of hydrogen-bond acceptors (Lipinski definition) is 2. The molecule has 88 valence electrons. The molecule has 0 spiro atoms. The van der Waals surface area contributed by atoms with E-state index >= 15 is 0 Å². The number of phenolic OH excluding ortho intramolecular Hbond substituents is 1. The number of benzene rings is 2. The van der Waals surface area contributed by atoms with Crippen LogP contribution in [0.1, 0.15) is 5.56 Å². The highest BCUT2D eigenvalue weighted by Gasteiger charge is 2.04. The molecule has 2 aromatic rings. The molecule has 0 aliphatic rings. The Morgan fingerprint density at radius 3 is 2.65 bits per heavy atom. The third-order valence-electron chi connectivity index (χ3n) is 2.26. The molecule has 0 saturated heterocycles. The summed E-state index contributed by atoms with van der Waals surface area (Å²) in [6.45, 7) is 0. The van der Waals surface area contributed by atoms with E-state index in [2.05, 4.69) is 15.9 Å². The summed E-state index contributed by atoms with van der Waals surface area (Å²) in [5.74, 6) is 1.05. The molecule has 1 N–H and O–H groups in total. The van der Waals surface area contributed by atoms with Gasteiger partial charge in [0.05, 0.1) is 0 Å². The van der Waals surface area contributed by atoms with Gasteiger partial charge in [-0.25, -0.2) is 0 Å². The Morgan fingerprint density at radius 2 is 1.94 bits per heavy atom. The lowest BCUT2D eigenvalue weighted by Crippen LogP contribution is -1.83. The first-order valence-corrected chi connectivity index (χ1v) is 7.17. The molecule has 0 unspecified atom stereocenters. The summed E-state index contributed by atoms with van der Waals surface area (Å²) in [5.41, 5.74) is 1.06. The summed E-state index contributed by atoms with van der Waals surface area (Å²) >= 11 is 11.1. The molecule has 0 heterocycles. The number of aromatic hydroxyl groups is 1. The minimum Gasteiger partial charge on any atom is -0.507 e. The van der Waals surface area contributed by atoms with Crippen LogP contribution < -0.4 is 0 Å². The normalized spacial score (nSPS) is 10.5. The van der Waals surface area contributed by atoms with Gasteiger partial charge in [0.1, 0.15) is 5.75 Å². The van der Waals surface area contributed by atoms with Gasteiger partial charge >= 0.3 is 0 Å². The lowest BCUT2D eigenvalue weighted by atomic mass is 10.2. The molecule has 0 bridgehead atoms. The van der Waals surface area contributed by atoms with Crippen molar-refractivity contribution in [2.75, 3.05) is 0 Å². The summed E-state index contributed by atoms with van der Waals surface area (Å²) in [4.78, 5) is 0.867. The Bertz CT molecular complexity index is 531. The Hall–Kier alpha value is -0.640. The van der Waals surface area contributed by atoms with E-state index in [-0.39, 0.29) is 0 Å². The Morgan fingerprint density at radius 1 is 1.18 bits per heavy atom. The number of phenols is 1. The van der Waals surface area contributed by atoms with Gasteiger partial charge in [0, 0.05) is 20.1 Å². The third-order valence-corrected chi connectivity index (χ3v) is 4.22. The van der Waals surface area contributed by atoms with Crippen molar-refractivity contribution in [3.8, 4) is 5.75 Å². The van der Waals surface area contributed by atoms with Crippen molar-refractivity contribution in [3.63, 3.8) is 0 Å². The highest BCUT2D eigenvalue weighted by Crippen LogP contribution is 2.32. The van der Waals surface area contributed by atoms with Crippen LogP contribution in [-0.2, 0) is 5.75 Å². The second kappa shape index (κ2) is 5.80. The maximum Gasteiger partial charge on any atom is 0.129 e. The minimum absolute atomic E-state index is 0.311. The zero-order valence-corrected chi connectivity index (χ0v) is 12.0. The molecule has 0 radical (unpaired) electrons. The van der Waals surface area contributed by atoms with Crippen LogP contribution in [-0.4, -0.2) is 5.11 Å². The van der Waals surface area contributed by atoms with Crippen LogP contribution in [0.5, 0.6) is 5.75 Å². The first kappa shape index (κ1) is 12.8. The van der Waals surface area contributed by atoms with Crippen LogP contribution in [0.2, 0.25) is 5.02 Å². The molecule has 0 aliphatic carbocycles. The average molecular weight is 330 g/mol. The zero-order valence-electron chi connectivity index (χ0n) is 8.86. The molecular formula is C13H10BrClOS. The van der Waals surface area contributed by atoms with Crippen LogP contribution >= 0.6 is 39.3 Å². The molecule has 2 rings (SSSR count). The summed E-state index contributed by atoms with van der Waals surface area (Å²) in [6.07, 6.45) is 0. The largest absolute Gasteiger partial charge is 0.507 e. The van der Waals surface area contributed by atoms with Crippen molar-refractivity contribution in [1.82, 2.24) is 0 Å². The average Bonchev–Trinajstić information content (AvgIpc) is 2.30. The second-order valence-corrected chi connectivity index (χ2v) is 5.83. The molecule has 1 nitrogen and oxygen atoms in total. The van der Waals surface area contributed by atoms with E-state index in [0.29, 0.717) is 5.75 Å². The molecule has 0 atom stereocenters. The molecule has 0 aliphatic heterocycles. The Balaban J connectivity index is 2.10. The predicted molar refractivity (Wildman–Crippen MR) is 76.8 cm³/mol. The maximum absolute atomic E-state index is 9.64. The van der Waals surface area contributed by atoms with Crippen molar-refractivity contribution in [3.05, 3.63) is 57.5 Å². The quantitative estimate of drug-likeness (QED) is 0.791. The van der Waals surface area contributed by atoms with Crippen LogP contribution in [0.25, 0.3) is 0 Å². The monoisotopic (exact) mass is 328 g/mol. The molecule has 0 amide bonds. The van der Waals surface area contributed by atoms with Crippen molar-refractivity contribution < 1.29 is 5.11 Å². The van der Waals surface area contributed by atoms with Gasteiger partial charge in [0.25, 0.3) is 0 Å². The molecular weight excluding hydrogens is 320 g/mol. The molecule has 17 heavy (non-hydrogen) atoms. The van der Waals surface area contributed by atoms with Gasteiger partial charge in [-0.15, -0.1) is 11.8 Å². The number of hydrogen-bond donors (Lipinski definition) is 1. The first-order valence-electron chi connectivity index (χ1n) is 5.01. The summed E-state index contributed by atoms with van der Waals surface area (Å²) < 4.78 is 0.971. The third kappa shape index (κ3) is 3.41. The van der Waals surface area contributed by atoms with Gasteiger partial charge in [-0.1, -0.05) is 45.7 Å². The van der Waals surface area contributed by atoms with Crippen LogP contribution in [0, 0.1) is 0 Å². The van der Waals surface area contributed by atoms with Crippen molar-refractivity contribution >= 4 is 39.3 Å². The van der Waals surface area contributed by atoms with Gasteiger partial charge < -0.3 is 5.11 Å². The fraction of sp³-hybridized carbons (Fsp3) is 0.0769. The van der Waals surface area contributed by atoms with Gasteiger partial charge in [0.2, 0.25) is 0 Å². The number of rotatable bonds is 3. The van der Waals surface area contributed by atoms with E-state index in [0.717, 1.165) is 25.7 Å². The van der Waals surface area contributed by atoms with Crippen LogP contribution in [0.15, 0.2) is 51.8 Å². The van der Waals surface area contributed by atoms with Crippen molar-refractivity contribution in [2.45, 2.75) is 10.6 Å². The topological polar surface area (TPSA) is 20.2 Å². The minimum atomic E-state index is 0.311. The number of para-hydroxylation sites is 1. The van der Waals surface area contributed by atoms with Gasteiger partial charge in [-0.2, -0.15) is 0 Å². The van der Waals surface area contributed by atoms with Crippen molar-refractivity contribution in [2.24, 2.45) is 0 Å². The van der Waals surface area contributed by atoms with Gasteiger partial charge in [0.15, 0.2) is 0 Å². The highest BCUT2D eigenvalue weighted by atomic mass is 79.9. The molecule has 0 fully saturated rings. The standard InChI is InChI=1S/C13H10BrClOS/c14-10-6-5-9(11(15)7-10)8-17-13-4-2-1-3-12(13)16/h1-7,16H,8H2. The summed E-state index contributed by atoms with van der Waals surface area (Å²) in [5, 5.41) is 10.4. The van der Waals surface area contributed by atoms with Crippen molar-refractivity contribution in [1.29, 1.82) is 0 Å². The number of halogens is 2. The molecule has 0 saturated carbocycles. The predicted octanol–water partition coefficient (Wildman–Crippen LogP) is 5.10. The van der Waals surface area contributed by atoms with E-state index in [1.807, 2.05) is 36.4 Å². The smallest absolute Gasteiger partial charge is 0.129 e. The van der Waals surface area contributed by atoms with E-state index < -0.39 is 0 Å². The van der Waals surface area contributed by atoms with Gasteiger partial charge in [-0.3, -0.25) is 0 Å². The summed E-state index contributed by atoms with van der Waals surface area (Å²) in [6, 6.07) is 13.1. The SMILES string of the molecule is Oc1ccccc1SCc1ccc(Br)cc1Cl. The maximum atomic E-state index is 9.64. The highest BCUT2D eigenvalue weighted by molar-refractivity contribution is 9.10. The fourth-order valence-electron chi connectivity index (χ4n) is 1.37. The van der Waals surface area contributed by atoms with E-state index in [1.165, 1.54) is 0 Å². The molecule has 0 aromatic heterocycles. The van der Waals surface area contributed by atoms with Crippen LogP contribution in [0.4, 0.5) is 0 Å². The Kier molecular flexibility index (Phi) is 4.37. The number of thioether (sulfide) groups is 1. The van der Waals surface area contributed by atoms with E-state index in [4.69, 9.17) is 11.6 Å². The first-order chi connectivity index (χ1) is 8.16. The fourth-order valence-corrected chi connectivity index (χ4v) is 3.15. The molecule has 4 heteroatoms. The zero-order chi connectivity index (χ0) is 12.3. The van der Waals surface area contributed by atoms with E-state index in [1.54, 1.807) is 17.8 Å². The van der Waals surface area contributed by atoms with Crippen LogP contribution in [0.3, 0.4) is 0 Å². The lowest BCUT2D eigenvalue weighted by molar-refractivity contribution is 0.462. The Labute approximate surface area is 118 Å². The second-order valence-electron chi connectivity index (χ2n) is 3.49. The summed E-state index contributed by atoms with van der Waals surface area (Å²) in [7, 11) is 0. The van der Waals surface area contributed by atoms with E-state index in [9.17, 15) is 5.11 Å². The van der Waals surface area contributed by atoms with Gasteiger partial charge in [-0.05, 0) is 29.8 Å². The molecule has 2 aromatic carbocycles.